The van der Waals surface area contributed by atoms with Crippen molar-refractivity contribution < 1.29 is 23.8 Å². The first kappa shape index (κ1) is 24.1. The number of ether oxygens (including phenoxy) is 3. The molecule has 2 fully saturated rings. The zero-order valence-corrected chi connectivity index (χ0v) is 20.6. The average molecular weight is 494 g/mol. The fourth-order valence-corrected chi connectivity index (χ4v) is 5.01. The number of fused-ring (bicyclic) bond motifs is 1. The zero-order chi connectivity index (χ0) is 25.1. The van der Waals surface area contributed by atoms with E-state index in [1.165, 1.54) is 0 Å². The summed E-state index contributed by atoms with van der Waals surface area (Å²) >= 11 is 0. The predicted octanol–water partition coefficient (Wildman–Crippen LogP) is 2.56. The molecule has 1 aliphatic heterocycles. The minimum Gasteiger partial charge on any atom is -0.493 e. The van der Waals surface area contributed by atoms with Crippen molar-refractivity contribution in [3.05, 3.63) is 42.2 Å². The Labute approximate surface area is 209 Å². The van der Waals surface area contributed by atoms with Crippen LogP contribution in [0, 0.1) is 5.92 Å². The van der Waals surface area contributed by atoms with Crippen LogP contribution in [0.2, 0.25) is 0 Å². The van der Waals surface area contributed by atoms with Gasteiger partial charge in [-0.05, 0) is 49.9 Å². The standard InChI is InChI=1S/C26H31N5O5/c1-34-22-8-5-18(15-23(22)35-2)21-9-10-27-24-16-20(29-31(21)24)25(32)28-19-6-3-17(4-7-19)26(33)30-11-13-36-14-12-30/h5,8-10,15-17,19H,3-4,6-7,11-14H2,1-2H3,(H,28,32). The van der Waals surface area contributed by atoms with Crippen molar-refractivity contribution in [2.75, 3.05) is 40.5 Å². The fraction of sp³-hybridized carbons (Fsp3) is 0.462. The summed E-state index contributed by atoms with van der Waals surface area (Å²) in [7, 11) is 3.18. The van der Waals surface area contributed by atoms with Crippen LogP contribution in [-0.4, -0.2) is 77.9 Å². The number of rotatable bonds is 6. The van der Waals surface area contributed by atoms with Crippen molar-refractivity contribution in [2.24, 2.45) is 5.92 Å². The van der Waals surface area contributed by atoms with Gasteiger partial charge in [0, 0.05) is 42.9 Å². The van der Waals surface area contributed by atoms with Gasteiger partial charge in [-0.25, -0.2) is 9.50 Å². The van der Waals surface area contributed by atoms with E-state index in [0.29, 0.717) is 49.1 Å². The lowest BCUT2D eigenvalue weighted by molar-refractivity contribution is -0.140. The van der Waals surface area contributed by atoms with Crippen LogP contribution in [0.4, 0.5) is 0 Å². The van der Waals surface area contributed by atoms with Gasteiger partial charge in [0.2, 0.25) is 5.91 Å². The SMILES string of the molecule is COc1ccc(-c2ccnc3cc(C(=O)NC4CCC(C(=O)N5CCOCC5)CC4)nn23)cc1OC. The Kier molecular flexibility index (Phi) is 7.04. The Morgan fingerprint density at radius 3 is 2.47 bits per heavy atom. The van der Waals surface area contributed by atoms with Crippen LogP contribution >= 0.6 is 0 Å². The predicted molar refractivity (Wildman–Crippen MR) is 132 cm³/mol. The lowest BCUT2D eigenvalue weighted by Crippen LogP contribution is -2.46. The molecule has 2 amide bonds. The van der Waals surface area contributed by atoms with Gasteiger partial charge < -0.3 is 24.4 Å². The van der Waals surface area contributed by atoms with Gasteiger partial charge in [0.15, 0.2) is 22.8 Å². The van der Waals surface area contributed by atoms with Gasteiger partial charge in [0.25, 0.3) is 5.91 Å². The molecule has 2 aliphatic rings. The van der Waals surface area contributed by atoms with E-state index in [4.69, 9.17) is 14.2 Å². The van der Waals surface area contributed by atoms with E-state index >= 15 is 0 Å². The monoisotopic (exact) mass is 493 g/mol. The molecule has 0 atom stereocenters. The average Bonchev–Trinajstić information content (AvgIpc) is 3.38. The molecule has 0 radical (unpaired) electrons. The van der Waals surface area contributed by atoms with E-state index in [2.05, 4.69) is 15.4 Å². The van der Waals surface area contributed by atoms with E-state index in [9.17, 15) is 9.59 Å². The number of carbonyl (C=O) groups is 2. The van der Waals surface area contributed by atoms with Crippen molar-refractivity contribution in [1.82, 2.24) is 24.8 Å². The minimum atomic E-state index is -0.235. The molecule has 190 valence electrons. The third kappa shape index (κ3) is 4.86. The maximum atomic E-state index is 13.0. The highest BCUT2D eigenvalue weighted by Crippen LogP contribution is 2.32. The maximum absolute atomic E-state index is 13.0. The summed E-state index contributed by atoms with van der Waals surface area (Å²) in [6.45, 7) is 2.56. The number of carbonyl (C=O) groups excluding carboxylic acids is 2. The molecule has 1 saturated carbocycles. The van der Waals surface area contributed by atoms with Gasteiger partial charge in [0.1, 0.15) is 0 Å². The summed E-state index contributed by atoms with van der Waals surface area (Å²) in [6, 6.07) is 9.16. The van der Waals surface area contributed by atoms with Crippen molar-refractivity contribution in [3.8, 4) is 22.8 Å². The van der Waals surface area contributed by atoms with Gasteiger partial charge in [-0.3, -0.25) is 9.59 Å². The topological polar surface area (TPSA) is 107 Å². The highest BCUT2D eigenvalue weighted by atomic mass is 16.5. The molecule has 3 aromatic rings. The number of morpholine rings is 1. The van der Waals surface area contributed by atoms with E-state index in [1.54, 1.807) is 31.0 Å². The molecule has 1 aromatic carbocycles. The number of aromatic nitrogens is 3. The van der Waals surface area contributed by atoms with E-state index in [-0.39, 0.29) is 23.8 Å². The second kappa shape index (κ2) is 10.5. The molecule has 3 heterocycles. The van der Waals surface area contributed by atoms with Crippen molar-refractivity contribution in [2.45, 2.75) is 31.7 Å². The summed E-state index contributed by atoms with van der Waals surface area (Å²) in [6.07, 6.45) is 4.79. The van der Waals surface area contributed by atoms with Crippen molar-refractivity contribution in [1.29, 1.82) is 0 Å². The second-order valence-electron chi connectivity index (χ2n) is 9.16. The molecule has 10 nitrogen and oxygen atoms in total. The van der Waals surface area contributed by atoms with Crippen LogP contribution in [0.5, 0.6) is 11.5 Å². The highest BCUT2D eigenvalue weighted by molar-refractivity contribution is 5.93. The molecule has 5 rings (SSSR count). The summed E-state index contributed by atoms with van der Waals surface area (Å²) in [5.74, 6) is 1.25. The lowest BCUT2D eigenvalue weighted by Gasteiger charge is -2.34. The first-order valence-corrected chi connectivity index (χ1v) is 12.3. The smallest absolute Gasteiger partial charge is 0.272 e. The largest absolute Gasteiger partial charge is 0.493 e. The number of hydrogen-bond donors (Lipinski definition) is 1. The molecule has 1 aliphatic carbocycles. The van der Waals surface area contributed by atoms with Gasteiger partial charge in [0.05, 0.1) is 33.1 Å². The quantitative estimate of drug-likeness (QED) is 0.562. The summed E-state index contributed by atoms with van der Waals surface area (Å²) < 4.78 is 17.8. The van der Waals surface area contributed by atoms with Crippen LogP contribution < -0.4 is 14.8 Å². The highest BCUT2D eigenvalue weighted by Gasteiger charge is 2.31. The van der Waals surface area contributed by atoms with Crippen LogP contribution in [-0.2, 0) is 9.53 Å². The molecule has 0 bridgehead atoms. The van der Waals surface area contributed by atoms with E-state index in [0.717, 1.165) is 36.9 Å². The van der Waals surface area contributed by atoms with E-state index in [1.807, 2.05) is 29.2 Å². The Hall–Kier alpha value is -3.66. The van der Waals surface area contributed by atoms with Gasteiger partial charge in [-0.2, -0.15) is 5.10 Å². The van der Waals surface area contributed by atoms with Gasteiger partial charge in [-0.1, -0.05) is 0 Å². The Morgan fingerprint density at radius 1 is 1.00 bits per heavy atom. The summed E-state index contributed by atoms with van der Waals surface area (Å²) in [5, 5.41) is 7.66. The number of hydrogen-bond acceptors (Lipinski definition) is 7. The number of nitrogens with zero attached hydrogens (tertiary/aromatic N) is 4. The van der Waals surface area contributed by atoms with Crippen molar-refractivity contribution >= 4 is 17.5 Å². The maximum Gasteiger partial charge on any atom is 0.272 e. The zero-order valence-electron chi connectivity index (χ0n) is 20.6. The summed E-state index contributed by atoms with van der Waals surface area (Å²) in [5.41, 5.74) is 2.52. The number of methoxy groups -OCH3 is 2. The second-order valence-corrected chi connectivity index (χ2v) is 9.16. The van der Waals surface area contributed by atoms with Gasteiger partial charge >= 0.3 is 0 Å². The number of nitrogens with one attached hydrogen (secondary N) is 1. The molecular weight excluding hydrogens is 462 g/mol. The third-order valence-electron chi connectivity index (χ3n) is 7.00. The molecule has 0 unspecified atom stereocenters. The van der Waals surface area contributed by atoms with Crippen LogP contribution in [0.25, 0.3) is 16.9 Å². The summed E-state index contributed by atoms with van der Waals surface area (Å²) in [4.78, 5) is 32.1. The molecule has 1 saturated heterocycles. The van der Waals surface area contributed by atoms with Crippen LogP contribution in [0.3, 0.4) is 0 Å². The van der Waals surface area contributed by atoms with Crippen LogP contribution in [0.1, 0.15) is 36.2 Å². The number of amides is 2. The van der Waals surface area contributed by atoms with Crippen molar-refractivity contribution in [3.63, 3.8) is 0 Å². The molecule has 0 spiro atoms. The fourth-order valence-electron chi connectivity index (χ4n) is 5.01. The van der Waals surface area contributed by atoms with Gasteiger partial charge in [-0.15, -0.1) is 0 Å². The Morgan fingerprint density at radius 2 is 1.75 bits per heavy atom. The molecule has 36 heavy (non-hydrogen) atoms. The molecule has 2 aromatic heterocycles. The lowest BCUT2D eigenvalue weighted by atomic mass is 9.85. The first-order valence-electron chi connectivity index (χ1n) is 12.3. The normalized spacial score (nSPS) is 20.2. The Bertz CT molecular complexity index is 1240. The molecule has 10 heteroatoms. The molecular formula is C26H31N5O5. The van der Waals surface area contributed by atoms with E-state index < -0.39 is 0 Å². The number of benzene rings is 1. The van der Waals surface area contributed by atoms with Crippen LogP contribution in [0.15, 0.2) is 36.5 Å². The Balaban J connectivity index is 1.26. The minimum absolute atomic E-state index is 0.0225. The molecule has 1 N–H and O–H groups in total. The first-order chi connectivity index (χ1) is 17.6. The third-order valence-corrected chi connectivity index (χ3v) is 7.00.